The monoisotopic (exact) mass is 410 g/mol. The van der Waals surface area contributed by atoms with Crippen LogP contribution in [0.5, 0.6) is 5.75 Å². The van der Waals surface area contributed by atoms with Crippen molar-refractivity contribution in [1.29, 1.82) is 0 Å². The van der Waals surface area contributed by atoms with Crippen molar-refractivity contribution in [2.45, 2.75) is 6.42 Å². The topological polar surface area (TPSA) is 81.4 Å². The zero-order valence-electron chi connectivity index (χ0n) is 11.7. The Labute approximate surface area is 142 Å². The molecule has 6 heteroatoms. The van der Waals surface area contributed by atoms with E-state index < -0.39 is 5.91 Å². The van der Waals surface area contributed by atoms with Crippen molar-refractivity contribution in [3.8, 4) is 5.75 Å². The van der Waals surface area contributed by atoms with Crippen LogP contribution in [0.1, 0.15) is 16.8 Å². The van der Waals surface area contributed by atoms with E-state index in [9.17, 15) is 9.59 Å². The molecule has 2 rings (SSSR count). The quantitative estimate of drug-likeness (QED) is 0.719. The second-order valence-corrected chi connectivity index (χ2v) is 5.80. The highest BCUT2D eigenvalue weighted by atomic mass is 127. The van der Waals surface area contributed by atoms with E-state index in [0.717, 1.165) is 3.57 Å². The van der Waals surface area contributed by atoms with Gasteiger partial charge in [-0.2, -0.15) is 0 Å². The molecular formula is C16H15IN2O3. The maximum Gasteiger partial charge on any atom is 0.255 e. The lowest BCUT2D eigenvalue weighted by Crippen LogP contribution is -2.14. The second kappa shape index (κ2) is 7.79. The Morgan fingerprint density at radius 1 is 1.14 bits per heavy atom. The van der Waals surface area contributed by atoms with Crippen LogP contribution in [0.4, 0.5) is 5.69 Å². The molecule has 0 aliphatic carbocycles. The fraction of sp³-hybridized carbons (Fsp3) is 0.125. The molecule has 0 saturated carbocycles. The molecule has 0 aromatic heterocycles. The average Bonchev–Trinajstić information content (AvgIpc) is 2.48. The second-order valence-electron chi connectivity index (χ2n) is 4.55. The number of carbonyl (C=O) groups is 2. The van der Waals surface area contributed by atoms with Gasteiger partial charge in [-0.3, -0.25) is 9.59 Å². The number of hydrogen-bond acceptors (Lipinski definition) is 3. The zero-order valence-corrected chi connectivity index (χ0v) is 13.9. The summed E-state index contributed by atoms with van der Waals surface area (Å²) in [5.41, 5.74) is 6.31. The van der Waals surface area contributed by atoms with Crippen LogP contribution in [0.15, 0.2) is 48.5 Å². The Morgan fingerprint density at radius 3 is 2.50 bits per heavy atom. The zero-order chi connectivity index (χ0) is 15.9. The third-order valence-electron chi connectivity index (χ3n) is 2.82. The van der Waals surface area contributed by atoms with Crippen LogP contribution in [-0.4, -0.2) is 18.4 Å². The smallest absolute Gasteiger partial charge is 0.255 e. The van der Waals surface area contributed by atoms with Crippen LogP contribution < -0.4 is 15.8 Å². The van der Waals surface area contributed by atoms with Gasteiger partial charge in [-0.25, -0.2) is 0 Å². The Bertz CT molecular complexity index is 671. The minimum Gasteiger partial charge on any atom is -0.493 e. The normalized spacial score (nSPS) is 10.0. The number of ether oxygens (including phenoxy) is 1. The molecule has 5 nitrogen and oxygen atoms in total. The molecule has 22 heavy (non-hydrogen) atoms. The third kappa shape index (κ3) is 5.03. The molecule has 0 aliphatic rings. The van der Waals surface area contributed by atoms with E-state index in [0.29, 0.717) is 17.0 Å². The average molecular weight is 410 g/mol. The molecule has 2 aromatic carbocycles. The van der Waals surface area contributed by atoms with Crippen molar-refractivity contribution >= 4 is 40.1 Å². The number of anilines is 1. The summed E-state index contributed by atoms with van der Waals surface area (Å²) in [6.07, 6.45) is 0.172. The van der Waals surface area contributed by atoms with E-state index in [-0.39, 0.29) is 18.9 Å². The predicted molar refractivity (Wildman–Crippen MR) is 92.9 cm³/mol. The first kappa shape index (κ1) is 16.3. The molecule has 0 bridgehead atoms. The molecule has 0 saturated heterocycles. The van der Waals surface area contributed by atoms with Gasteiger partial charge in [0.2, 0.25) is 5.91 Å². The number of benzene rings is 2. The molecule has 0 fully saturated rings. The summed E-state index contributed by atoms with van der Waals surface area (Å²) in [6.45, 7) is 0.240. The SMILES string of the molecule is NC(=O)CCOc1ccc(NC(=O)c2cccc(I)c2)cc1. The summed E-state index contributed by atoms with van der Waals surface area (Å²) in [5.74, 6) is 0.0517. The van der Waals surface area contributed by atoms with E-state index in [1.165, 1.54) is 0 Å². The van der Waals surface area contributed by atoms with Gasteiger partial charge in [0.15, 0.2) is 0 Å². The third-order valence-corrected chi connectivity index (χ3v) is 3.49. The molecule has 0 spiro atoms. The Hall–Kier alpha value is -2.09. The fourth-order valence-electron chi connectivity index (χ4n) is 1.74. The number of nitrogens with two attached hydrogens (primary N) is 1. The molecule has 0 heterocycles. The minimum atomic E-state index is -0.402. The standard InChI is InChI=1S/C16H15IN2O3/c17-12-3-1-2-11(10-12)16(21)19-13-4-6-14(7-5-13)22-9-8-15(18)20/h1-7,10H,8-9H2,(H2,18,20)(H,19,21). The van der Waals surface area contributed by atoms with E-state index >= 15 is 0 Å². The van der Waals surface area contributed by atoms with E-state index in [4.69, 9.17) is 10.5 Å². The summed E-state index contributed by atoms with van der Waals surface area (Å²) in [7, 11) is 0. The van der Waals surface area contributed by atoms with Crippen LogP contribution in [0.25, 0.3) is 0 Å². The highest BCUT2D eigenvalue weighted by Crippen LogP contribution is 2.17. The minimum absolute atomic E-state index is 0.166. The van der Waals surface area contributed by atoms with Gasteiger partial charge in [0, 0.05) is 14.8 Å². The first-order valence-corrected chi connectivity index (χ1v) is 7.70. The summed E-state index contributed by atoms with van der Waals surface area (Å²) in [4.78, 5) is 22.7. The van der Waals surface area contributed by atoms with Gasteiger partial charge in [0.05, 0.1) is 13.0 Å². The van der Waals surface area contributed by atoms with Gasteiger partial charge in [-0.15, -0.1) is 0 Å². The number of halogens is 1. The summed E-state index contributed by atoms with van der Waals surface area (Å²) in [5, 5.41) is 2.82. The van der Waals surface area contributed by atoms with Crippen LogP contribution in [0, 0.1) is 3.57 Å². The molecule has 0 aliphatic heterocycles. The molecule has 0 atom stereocenters. The highest BCUT2D eigenvalue weighted by Gasteiger charge is 2.06. The van der Waals surface area contributed by atoms with Crippen molar-refractivity contribution < 1.29 is 14.3 Å². The number of carbonyl (C=O) groups excluding carboxylic acids is 2. The van der Waals surface area contributed by atoms with Crippen LogP contribution in [0.3, 0.4) is 0 Å². The molecule has 0 unspecified atom stereocenters. The van der Waals surface area contributed by atoms with Crippen molar-refractivity contribution in [3.63, 3.8) is 0 Å². The number of rotatable bonds is 6. The number of amides is 2. The molecule has 2 aromatic rings. The van der Waals surface area contributed by atoms with Crippen molar-refractivity contribution in [2.24, 2.45) is 5.73 Å². The van der Waals surface area contributed by atoms with Gasteiger partial charge < -0.3 is 15.8 Å². The van der Waals surface area contributed by atoms with Gasteiger partial charge in [-0.1, -0.05) is 6.07 Å². The highest BCUT2D eigenvalue weighted by molar-refractivity contribution is 14.1. The van der Waals surface area contributed by atoms with Crippen LogP contribution in [0.2, 0.25) is 0 Å². The summed E-state index contributed by atoms with van der Waals surface area (Å²) >= 11 is 2.16. The van der Waals surface area contributed by atoms with Crippen molar-refractivity contribution in [1.82, 2.24) is 0 Å². The lowest BCUT2D eigenvalue weighted by molar-refractivity contribution is -0.118. The first-order valence-electron chi connectivity index (χ1n) is 6.62. The molecule has 2 amide bonds. The van der Waals surface area contributed by atoms with Gasteiger partial charge in [0.1, 0.15) is 5.75 Å². The van der Waals surface area contributed by atoms with Crippen LogP contribution in [-0.2, 0) is 4.79 Å². The Kier molecular flexibility index (Phi) is 5.76. The van der Waals surface area contributed by atoms with E-state index in [1.54, 1.807) is 30.3 Å². The maximum atomic E-state index is 12.1. The summed E-state index contributed by atoms with van der Waals surface area (Å²) in [6, 6.07) is 14.3. The van der Waals surface area contributed by atoms with Crippen molar-refractivity contribution in [2.75, 3.05) is 11.9 Å². The maximum absolute atomic E-state index is 12.1. The number of hydrogen-bond donors (Lipinski definition) is 2. The van der Waals surface area contributed by atoms with E-state index in [1.807, 2.05) is 18.2 Å². The van der Waals surface area contributed by atoms with E-state index in [2.05, 4.69) is 27.9 Å². The molecule has 3 N–H and O–H groups in total. The Morgan fingerprint density at radius 2 is 1.86 bits per heavy atom. The molecular weight excluding hydrogens is 395 g/mol. The predicted octanol–water partition coefficient (Wildman–Crippen LogP) is 2.80. The van der Waals surface area contributed by atoms with Crippen LogP contribution >= 0.6 is 22.6 Å². The van der Waals surface area contributed by atoms with Gasteiger partial charge >= 0.3 is 0 Å². The van der Waals surface area contributed by atoms with Crippen molar-refractivity contribution in [3.05, 3.63) is 57.7 Å². The molecule has 114 valence electrons. The number of primary amides is 1. The molecule has 0 radical (unpaired) electrons. The first-order chi connectivity index (χ1) is 10.5. The summed E-state index contributed by atoms with van der Waals surface area (Å²) < 4.78 is 6.37. The lowest BCUT2D eigenvalue weighted by Gasteiger charge is -2.08. The lowest BCUT2D eigenvalue weighted by atomic mass is 10.2. The fourth-order valence-corrected chi connectivity index (χ4v) is 2.28. The largest absolute Gasteiger partial charge is 0.493 e. The number of nitrogens with one attached hydrogen (secondary N) is 1. The Balaban J connectivity index is 1.93. The van der Waals surface area contributed by atoms with Gasteiger partial charge in [0.25, 0.3) is 5.91 Å². The van der Waals surface area contributed by atoms with Gasteiger partial charge in [-0.05, 0) is 65.1 Å².